The fourth-order valence-electron chi connectivity index (χ4n) is 2.16. The first-order valence-electron chi connectivity index (χ1n) is 6.95. The lowest BCUT2D eigenvalue weighted by molar-refractivity contribution is -0.136. The number of hydrogen-bond donors (Lipinski definition) is 4. The number of benzene rings is 1. The SMILES string of the molecule is O=C(O)CCNC(=O)NCCCc1c[nH]c2ccccc12. The quantitative estimate of drug-likeness (QED) is 0.586. The first kappa shape index (κ1) is 14.9. The summed E-state index contributed by atoms with van der Waals surface area (Å²) in [6.07, 6.45) is 3.63. The molecule has 0 bridgehead atoms. The number of H-pyrrole nitrogens is 1. The van der Waals surface area contributed by atoms with Crippen LogP contribution in [-0.4, -0.2) is 35.2 Å². The molecule has 0 saturated carbocycles. The van der Waals surface area contributed by atoms with Crippen molar-refractivity contribution >= 4 is 22.9 Å². The van der Waals surface area contributed by atoms with Crippen molar-refractivity contribution in [2.24, 2.45) is 0 Å². The molecule has 0 aliphatic carbocycles. The molecule has 112 valence electrons. The van der Waals surface area contributed by atoms with E-state index in [9.17, 15) is 9.59 Å². The number of hydrogen-bond acceptors (Lipinski definition) is 2. The average Bonchev–Trinajstić information content (AvgIpc) is 2.86. The Kier molecular flexibility index (Phi) is 5.20. The predicted molar refractivity (Wildman–Crippen MR) is 80.3 cm³/mol. The molecule has 2 aromatic rings. The predicted octanol–water partition coefficient (Wildman–Crippen LogP) is 1.87. The van der Waals surface area contributed by atoms with Crippen molar-refractivity contribution in [2.75, 3.05) is 13.1 Å². The van der Waals surface area contributed by atoms with Crippen LogP contribution >= 0.6 is 0 Å². The largest absolute Gasteiger partial charge is 0.481 e. The molecule has 0 unspecified atom stereocenters. The molecule has 4 N–H and O–H groups in total. The minimum atomic E-state index is -0.922. The lowest BCUT2D eigenvalue weighted by atomic mass is 10.1. The van der Waals surface area contributed by atoms with Gasteiger partial charge in [-0.2, -0.15) is 0 Å². The number of aliphatic carboxylic acids is 1. The molecular formula is C15H19N3O3. The summed E-state index contributed by atoms with van der Waals surface area (Å²) in [5.74, 6) is -0.922. The summed E-state index contributed by atoms with van der Waals surface area (Å²) in [7, 11) is 0. The molecule has 2 rings (SSSR count). The van der Waals surface area contributed by atoms with Gasteiger partial charge in [0.2, 0.25) is 0 Å². The van der Waals surface area contributed by atoms with Gasteiger partial charge in [-0.3, -0.25) is 4.79 Å². The zero-order valence-electron chi connectivity index (χ0n) is 11.7. The number of amides is 2. The highest BCUT2D eigenvalue weighted by atomic mass is 16.4. The Labute approximate surface area is 122 Å². The molecule has 0 saturated heterocycles. The van der Waals surface area contributed by atoms with Gasteiger partial charge in [-0.25, -0.2) is 4.79 Å². The van der Waals surface area contributed by atoms with Gasteiger partial charge in [0.15, 0.2) is 0 Å². The summed E-state index contributed by atoms with van der Waals surface area (Å²) in [5.41, 5.74) is 2.35. The third-order valence-electron chi connectivity index (χ3n) is 3.21. The number of carboxylic acid groups (broad SMARTS) is 1. The number of fused-ring (bicyclic) bond motifs is 1. The molecule has 0 aliphatic rings. The van der Waals surface area contributed by atoms with E-state index in [2.05, 4.69) is 21.7 Å². The first-order chi connectivity index (χ1) is 10.2. The van der Waals surface area contributed by atoms with Crippen molar-refractivity contribution in [3.8, 4) is 0 Å². The molecular weight excluding hydrogens is 270 g/mol. The number of carbonyl (C=O) groups excluding carboxylic acids is 1. The maximum Gasteiger partial charge on any atom is 0.314 e. The fraction of sp³-hybridized carbons (Fsp3) is 0.333. The highest BCUT2D eigenvalue weighted by Gasteiger charge is 2.04. The third kappa shape index (κ3) is 4.52. The molecule has 1 aromatic carbocycles. The summed E-state index contributed by atoms with van der Waals surface area (Å²) in [5, 5.41) is 14.9. The molecule has 21 heavy (non-hydrogen) atoms. The van der Waals surface area contributed by atoms with Gasteiger partial charge >= 0.3 is 12.0 Å². The van der Waals surface area contributed by atoms with E-state index in [1.165, 1.54) is 10.9 Å². The number of carbonyl (C=O) groups is 2. The van der Waals surface area contributed by atoms with E-state index in [1.54, 1.807) is 0 Å². The normalized spacial score (nSPS) is 10.5. The van der Waals surface area contributed by atoms with E-state index in [0.717, 1.165) is 18.4 Å². The second-order valence-corrected chi connectivity index (χ2v) is 4.79. The highest BCUT2D eigenvalue weighted by molar-refractivity contribution is 5.83. The van der Waals surface area contributed by atoms with E-state index in [0.29, 0.717) is 6.54 Å². The van der Waals surface area contributed by atoms with E-state index >= 15 is 0 Å². The van der Waals surface area contributed by atoms with Crippen LogP contribution in [0.2, 0.25) is 0 Å². The molecule has 0 radical (unpaired) electrons. The van der Waals surface area contributed by atoms with Crippen molar-refractivity contribution < 1.29 is 14.7 Å². The molecule has 1 heterocycles. The number of urea groups is 1. The van der Waals surface area contributed by atoms with Crippen LogP contribution in [0.15, 0.2) is 30.5 Å². The van der Waals surface area contributed by atoms with Crippen molar-refractivity contribution in [3.63, 3.8) is 0 Å². The number of carboxylic acids is 1. The minimum Gasteiger partial charge on any atom is -0.481 e. The molecule has 0 aliphatic heterocycles. The molecule has 1 aromatic heterocycles. The minimum absolute atomic E-state index is 0.0667. The Morgan fingerprint density at radius 3 is 2.71 bits per heavy atom. The van der Waals surface area contributed by atoms with Crippen LogP contribution in [0.5, 0.6) is 0 Å². The van der Waals surface area contributed by atoms with Crippen LogP contribution in [0.4, 0.5) is 4.79 Å². The zero-order valence-corrected chi connectivity index (χ0v) is 11.7. The smallest absolute Gasteiger partial charge is 0.314 e. The standard InChI is InChI=1S/C15H19N3O3/c19-14(20)7-9-17-15(21)16-8-3-4-11-10-18-13-6-2-1-5-12(11)13/h1-2,5-6,10,18H,3-4,7-9H2,(H,19,20)(H2,16,17,21). The highest BCUT2D eigenvalue weighted by Crippen LogP contribution is 2.18. The van der Waals surface area contributed by atoms with Gasteiger partial charge in [0.1, 0.15) is 0 Å². The van der Waals surface area contributed by atoms with Crippen LogP contribution in [0.3, 0.4) is 0 Å². The number of para-hydroxylation sites is 1. The number of rotatable bonds is 7. The number of aromatic amines is 1. The topological polar surface area (TPSA) is 94.2 Å². The first-order valence-corrected chi connectivity index (χ1v) is 6.95. The van der Waals surface area contributed by atoms with Gasteiger partial charge in [-0.15, -0.1) is 0 Å². The van der Waals surface area contributed by atoms with Gasteiger partial charge in [-0.05, 0) is 24.5 Å². The Morgan fingerprint density at radius 1 is 1.14 bits per heavy atom. The second-order valence-electron chi connectivity index (χ2n) is 4.79. The van der Waals surface area contributed by atoms with Crippen LogP contribution in [0.1, 0.15) is 18.4 Å². The lowest BCUT2D eigenvalue weighted by Crippen LogP contribution is -2.37. The molecule has 0 fully saturated rings. The molecule has 0 atom stereocenters. The Bertz CT molecular complexity index is 621. The Balaban J connectivity index is 1.68. The number of aromatic nitrogens is 1. The van der Waals surface area contributed by atoms with Crippen LogP contribution < -0.4 is 10.6 Å². The molecule has 6 nitrogen and oxygen atoms in total. The molecule has 6 heteroatoms. The molecule has 2 amide bonds. The monoisotopic (exact) mass is 289 g/mol. The third-order valence-corrected chi connectivity index (χ3v) is 3.21. The molecule has 0 spiro atoms. The number of nitrogens with one attached hydrogen (secondary N) is 3. The van der Waals surface area contributed by atoms with Gasteiger partial charge in [0, 0.05) is 30.2 Å². The zero-order chi connectivity index (χ0) is 15.1. The maximum atomic E-state index is 11.4. The van der Waals surface area contributed by atoms with Gasteiger partial charge in [0.25, 0.3) is 0 Å². The van der Waals surface area contributed by atoms with E-state index in [4.69, 9.17) is 5.11 Å². The summed E-state index contributed by atoms with van der Waals surface area (Å²) in [6.45, 7) is 0.696. The number of aryl methyl sites for hydroxylation is 1. The fourth-order valence-corrected chi connectivity index (χ4v) is 2.16. The summed E-state index contributed by atoms with van der Waals surface area (Å²) in [4.78, 5) is 24.9. The van der Waals surface area contributed by atoms with E-state index < -0.39 is 5.97 Å². The van der Waals surface area contributed by atoms with Crippen LogP contribution in [-0.2, 0) is 11.2 Å². The summed E-state index contributed by atoms with van der Waals surface area (Å²) in [6, 6.07) is 7.79. The van der Waals surface area contributed by atoms with Crippen molar-refractivity contribution in [1.82, 2.24) is 15.6 Å². The Morgan fingerprint density at radius 2 is 1.90 bits per heavy atom. The van der Waals surface area contributed by atoms with Crippen molar-refractivity contribution in [1.29, 1.82) is 0 Å². The summed E-state index contributed by atoms with van der Waals surface area (Å²) >= 11 is 0. The van der Waals surface area contributed by atoms with Crippen molar-refractivity contribution in [2.45, 2.75) is 19.3 Å². The maximum absolute atomic E-state index is 11.4. The van der Waals surface area contributed by atoms with E-state index in [1.807, 2.05) is 24.4 Å². The van der Waals surface area contributed by atoms with Gasteiger partial charge in [-0.1, -0.05) is 18.2 Å². The van der Waals surface area contributed by atoms with Crippen LogP contribution in [0, 0.1) is 0 Å². The van der Waals surface area contributed by atoms with Gasteiger partial charge < -0.3 is 20.7 Å². The Hall–Kier alpha value is -2.50. The summed E-state index contributed by atoms with van der Waals surface area (Å²) < 4.78 is 0. The van der Waals surface area contributed by atoms with Crippen molar-refractivity contribution in [3.05, 3.63) is 36.0 Å². The second kappa shape index (κ2) is 7.33. The van der Waals surface area contributed by atoms with Crippen LogP contribution in [0.25, 0.3) is 10.9 Å². The van der Waals surface area contributed by atoms with Gasteiger partial charge in [0.05, 0.1) is 6.42 Å². The lowest BCUT2D eigenvalue weighted by Gasteiger charge is -2.06. The average molecular weight is 289 g/mol. The van der Waals surface area contributed by atoms with E-state index in [-0.39, 0.29) is 19.0 Å².